The second-order valence-corrected chi connectivity index (χ2v) is 5.94. The molecule has 1 aromatic rings. The molecule has 0 amide bonds. The first-order valence-corrected chi connectivity index (χ1v) is 5.90. The topological polar surface area (TPSA) is 0 Å². The first-order valence-electron chi connectivity index (χ1n) is 4.36. The Hall–Kier alpha value is 0.140. The van der Waals surface area contributed by atoms with Crippen LogP contribution in [-0.4, -0.2) is 10.3 Å². The van der Waals surface area contributed by atoms with Crippen LogP contribution in [-0.2, 0) is 0 Å². The van der Waals surface area contributed by atoms with Crippen molar-refractivity contribution in [1.82, 2.24) is 0 Å². The summed E-state index contributed by atoms with van der Waals surface area (Å²) in [6, 6.07) is 7.08. The Balaban J connectivity index is 2.25. The van der Waals surface area contributed by atoms with E-state index in [-0.39, 0.29) is 6.42 Å². The van der Waals surface area contributed by atoms with Crippen molar-refractivity contribution in [2.45, 2.75) is 22.6 Å². The lowest BCUT2D eigenvalue weighted by Gasteiger charge is -2.47. The SMILES string of the molecule is FC1(F)CC(c2ccc(Br)cc2)C1(Cl)Cl. The third-order valence-corrected chi connectivity index (χ3v) is 4.27. The zero-order chi connectivity index (χ0) is 11.3. The average molecular weight is 316 g/mol. The van der Waals surface area contributed by atoms with E-state index < -0.39 is 16.2 Å². The minimum atomic E-state index is -2.99. The van der Waals surface area contributed by atoms with E-state index in [0.717, 1.165) is 10.0 Å². The van der Waals surface area contributed by atoms with Crippen LogP contribution in [0, 0.1) is 0 Å². The van der Waals surface area contributed by atoms with Crippen LogP contribution in [0.3, 0.4) is 0 Å². The second-order valence-electron chi connectivity index (χ2n) is 3.64. The van der Waals surface area contributed by atoms with Gasteiger partial charge in [0.25, 0.3) is 5.92 Å². The minimum Gasteiger partial charge on any atom is -0.203 e. The molecule has 0 saturated heterocycles. The lowest BCUT2D eigenvalue weighted by atomic mass is 9.75. The van der Waals surface area contributed by atoms with E-state index in [1.807, 2.05) is 0 Å². The summed E-state index contributed by atoms with van der Waals surface area (Å²) < 4.78 is 25.0. The van der Waals surface area contributed by atoms with Crippen LogP contribution in [0.5, 0.6) is 0 Å². The van der Waals surface area contributed by atoms with Crippen molar-refractivity contribution in [1.29, 1.82) is 0 Å². The molecule has 0 aromatic heterocycles. The second kappa shape index (κ2) is 3.57. The number of benzene rings is 1. The van der Waals surface area contributed by atoms with Gasteiger partial charge < -0.3 is 0 Å². The molecule has 82 valence electrons. The fourth-order valence-corrected chi connectivity index (χ4v) is 2.49. The molecule has 0 bridgehead atoms. The third kappa shape index (κ3) is 1.79. The van der Waals surface area contributed by atoms with Crippen LogP contribution in [0.25, 0.3) is 0 Å². The highest BCUT2D eigenvalue weighted by molar-refractivity contribution is 9.10. The molecule has 0 nitrogen and oxygen atoms in total. The number of hydrogen-bond donors (Lipinski definition) is 0. The molecular formula is C10H7BrCl2F2. The summed E-state index contributed by atoms with van der Waals surface area (Å²) in [7, 11) is 0. The normalized spacial score (nSPS) is 27.1. The van der Waals surface area contributed by atoms with E-state index in [0.29, 0.717) is 0 Å². The quantitative estimate of drug-likeness (QED) is 0.656. The van der Waals surface area contributed by atoms with E-state index >= 15 is 0 Å². The van der Waals surface area contributed by atoms with Crippen LogP contribution in [0.1, 0.15) is 17.9 Å². The maximum absolute atomic E-state index is 13.1. The average Bonchev–Trinajstić information content (AvgIpc) is 2.16. The Labute approximate surface area is 105 Å². The fraction of sp³-hybridized carbons (Fsp3) is 0.400. The molecule has 1 atom stereocenters. The van der Waals surface area contributed by atoms with Crippen molar-refractivity contribution in [3.05, 3.63) is 34.3 Å². The molecule has 0 heterocycles. The van der Waals surface area contributed by atoms with Gasteiger partial charge in [-0.2, -0.15) is 0 Å². The molecule has 1 unspecified atom stereocenters. The van der Waals surface area contributed by atoms with Gasteiger partial charge in [0.2, 0.25) is 0 Å². The lowest BCUT2D eigenvalue weighted by Crippen LogP contribution is -2.55. The fourth-order valence-electron chi connectivity index (χ4n) is 1.67. The monoisotopic (exact) mass is 314 g/mol. The summed E-state index contributed by atoms with van der Waals surface area (Å²) in [6.07, 6.45) is -0.290. The highest BCUT2D eigenvalue weighted by Crippen LogP contribution is 2.62. The Morgan fingerprint density at radius 2 is 1.73 bits per heavy atom. The molecule has 1 aliphatic carbocycles. The van der Waals surface area contributed by atoms with Crippen LogP contribution in [0.2, 0.25) is 0 Å². The number of alkyl halides is 4. The Kier molecular flexibility index (Phi) is 2.77. The highest BCUT2D eigenvalue weighted by atomic mass is 79.9. The first kappa shape index (κ1) is 11.6. The Bertz CT molecular complexity index is 376. The maximum atomic E-state index is 13.1. The van der Waals surface area contributed by atoms with E-state index in [2.05, 4.69) is 15.9 Å². The van der Waals surface area contributed by atoms with Crippen molar-refractivity contribution in [3.63, 3.8) is 0 Å². The number of rotatable bonds is 1. The molecule has 0 radical (unpaired) electrons. The summed E-state index contributed by atoms with van der Waals surface area (Å²) in [5.41, 5.74) is 0.745. The van der Waals surface area contributed by atoms with Gasteiger partial charge >= 0.3 is 0 Å². The third-order valence-electron chi connectivity index (χ3n) is 2.66. The van der Waals surface area contributed by atoms with Crippen molar-refractivity contribution in [2.24, 2.45) is 0 Å². The number of hydrogen-bond acceptors (Lipinski definition) is 0. The van der Waals surface area contributed by atoms with Gasteiger partial charge in [-0.25, -0.2) is 8.78 Å². The molecule has 0 aliphatic heterocycles. The summed E-state index contributed by atoms with van der Waals surface area (Å²) in [6.45, 7) is 0. The van der Waals surface area contributed by atoms with Crippen molar-refractivity contribution in [3.8, 4) is 0 Å². The van der Waals surface area contributed by atoms with Gasteiger partial charge in [-0.15, -0.1) is 0 Å². The van der Waals surface area contributed by atoms with E-state index in [1.54, 1.807) is 24.3 Å². The predicted octanol–water partition coefficient (Wildman–Crippen LogP) is 4.75. The molecule has 1 aromatic carbocycles. The molecule has 1 aliphatic rings. The van der Waals surface area contributed by atoms with Crippen molar-refractivity contribution in [2.75, 3.05) is 0 Å². The van der Waals surface area contributed by atoms with Crippen molar-refractivity contribution < 1.29 is 8.78 Å². The van der Waals surface area contributed by atoms with Gasteiger partial charge in [-0.05, 0) is 17.7 Å². The van der Waals surface area contributed by atoms with Crippen molar-refractivity contribution >= 4 is 39.1 Å². The maximum Gasteiger partial charge on any atom is 0.281 e. The molecule has 0 spiro atoms. The summed E-state index contributed by atoms with van der Waals surface area (Å²) in [4.78, 5) is 0. The van der Waals surface area contributed by atoms with Crippen LogP contribution in [0.4, 0.5) is 8.78 Å². The highest BCUT2D eigenvalue weighted by Gasteiger charge is 2.67. The van der Waals surface area contributed by atoms with Crippen LogP contribution in [0.15, 0.2) is 28.7 Å². The number of halogens is 5. The zero-order valence-corrected chi connectivity index (χ0v) is 10.6. The molecule has 0 N–H and O–H groups in total. The van der Waals surface area contributed by atoms with Gasteiger partial charge in [-0.3, -0.25) is 0 Å². The largest absolute Gasteiger partial charge is 0.281 e. The van der Waals surface area contributed by atoms with E-state index in [1.165, 1.54) is 0 Å². The molecule has 5 heteroatoms. The standard InChI is InChI=1S/C10H7BrCl2F2/c11-7-3-1-6(2-4-7)8-5-9(14,15)10(8,12)13/h1-4,8H,5H2. The zero-order valence-electron chi connectivity index (χ0n) is 7.48. The first-order chi connectivity index (χ1) is 6.84. The minimum absolute atomic E-state index is 0.290. The molecule has 15 heavy (non-hydrogen) atoms. The van der Waals surface area contributed by atoms with Crippen LogP contribution < -0.4 is 0 Å². The Morgan fingerprint density at radius 3 is 2.13 bits per heavy atom. The molecular weight excluding hydrogens is 309 g/mol. The predicted molar refractivity (Wildman–Crippen MR) is 60.9 cm³/mol. The van der Waals surface area contributed by atoms with Gasteiger partial charge in [-0.1, -0.05) is 51.3 Å². The smallest absolute Gasteiger partial charge is 0.203 e. The molecule has 1 saturated carbocycles. The van der Waals surface area contributed by atoms with Gasteiger partial charge in [0.1, 0.15) is 0 Å². The van der Waals surface area contributed by atoms with E-state index in [4.69, 9.17) is 23.2 Å². The summed E-state index contributed by atoms with van der Waals surface area (Å²) in [5, 5.41) is 0. The Morgan fingerprint density at radius 1 is 1.20 bits per heavy atom. The summed E-state index contributed by atoms with van der Waals surface area (Å²) >= 11 is 14.6. The lowest BCUT2D eigenvalue weighted by molar-refractivity contribution is -0.0980. The molecule has 1 fully saturated rings. The van der Waals surface area contributed by atoms with E-state index in [9.17, 15) is 8.78 Å². The summed E-state index contributed by atoms with van der Waals surface area (Å²) in [5.74, 6) is -3.49. The van der Waals surface area contributed by atoms with Crippen LogP contribution >= 0.6 is 39.1 Å². The van der Waals surface area contributed by atoms with Gasteiger partial charge in [0, 0.05) is 16.8 Å². The molecule has 2 rings (SSSR count). The van der Waals surface area contributed by atoms with Gasteiger partial charge in [0.15, 0.2) is 4.33 Å². The van der Waals surface area contributed by atoms with Gasteiger partial charge in [0.05, 0.1) is 0 Å².